The lowest BCUT2D eigenvalue weighted by Gasteiger charge is -2.53. The summed E-state index contributed by atoms with van der Waals surface area (Å²) in [6.07, 6.45) is 6.57. The van der Waals surface area contributed by atoms with Gasteiger partial charge in [0.2, 0.25) is 0 Å². The Morgan fingerprint density at radius 2 is 2.10 bits per heavy atom. The molecule has 3 aliphatic rings. The van der Waals surface area contributed by atoms with E-state index in [9.17, 15) is 0 Å². The molecule has 1 saturated heterocycles. The van der Waals surface area contributed by atoms with Gasteiger partial charge in [-0.1, -0.05) is 0 Å². The fourth-order valence-corrected chi connectivity index (χ4v) is 3.51. The van der Waals surface area contributed by atoms with Gasteiger partial charge in [-0.3, -0.25) is 0 Å². The molecule has 2 aromatic rings. The van der Waals surface area contributed by atoms with Crippen LogP contribution in [-0.2, 0) is 4.74 Å². The Bertz CT molecular complexity index is 693. The van der Waals surface area contributed by atoms with Gasteiger partial charge < -0.3 is 10.5 Å². The average molecular weight is 271 g/mol. The minimum absolute atomic E-state index is 0.405. The molecule has 2 aliphatic carbocycles. The monoisotopic (exact) mass is 271 g/mol. The van der Waals surface area contributed by atoms with Crippen molar-refractivity contribution < 1.29 is 4.74 Å². The van der Waals surface area contributed by atoms with Crippen LogP contribution in [0.4, 0.5) is 5.82 Å². The normalized spacial score (nSPS) is 24.8. The summed E-state index contributed by atoms with van der Waals surface area (Å²) >= 11 is 0. The number of hydrogen-bond acceptors (Lipinski definition) is 5. The zero-order valence-corrected chi connectivity index (χ0v) is 11.2. The number of nitrogens with zero attached hydrogens (tertiary/aromatic N) is 4. The number of hydrogen-bond donors (Lipinski definition) is 1. The van der Waals surface area contributed by atoms with Crippen LogP contribution >= 0.6 is 0 Å². The van der Waals surface area contributed by atoms with E-state index >= 15 is 0 Å². The van der Waals surface area contributed by atoms with Crippen LogP contribution in [0.3, 0.4) is 0 Å². The first-order valence-electron chi connectivity index (χ1n) is 7.33. The van der Waals surface area contributed by atoms with E-state index in [1.807, 2.05) is 10.9 Å². The van der Waals surface area contributed by atoms with Gasteiger partial charge in [-0.25, -0.2) is 14.6 Å². The van der Waals surface area contributed by atoms with Crippen molar-refractivity contribution in [2.45, 2.75) is 37.6 Å². The molecule has 3 fully saturated rings. The zero-order chi connectivity index (χ0) is 13.3. The highest BCUT2D eigenvalue weighted by Crippen LogP contribution is 2.53. The number of rotatable bonds is 2. The number of nitrogens with two attached hydrogens (primary N) is 1. The second kappa shape index (κ2) is 3.49. The van der Waals surface area contributed by atoms with E-state index in [-0.39, 0.29) is 0 Å². The second-order valence-electron chi connectivity index (χ2n) is 6.63. The van der Waals surface area contributed by atoms with Crippen LogP contribution < -0.4 is 5.73 Å². The summed E-state index contributed by atoms with van der Waals surface area (Å²) in [7, 11) is 0. The van der Waals surface area contributed by atoms with E-state index in [0.717, 1.165) is 42.9 Å². The highest BCUT2D eigenvalue weighted by atomic mass is 16.5. The Morgan fingerprint density at radius 1 is 1.30 bits per heavy atom. The van der Waals surface area contributed by atoms with Gasteiger partial charge in [-0.05, 0) is 25.7 Å². The van der Waals surface area contributed by atoms with Crippen LogP contribution in [0.1, 0.15) is 43.3 Å². The molecule has 6 nitrogen and oxygen atoms in total. The third kappa shape index (κ3) is 1.40. The topological polar surface area (TPSA) is 78.8 Å². The Labute approximate surface area is 116 Å². The first-order chi connectivity index (χ1) is 9.74. The van der Waals surface area contributed by atoms with Gasteiger partial charge in [0.05, 0.1) is 24.9 Å². The SMILES string of the molecule is Nc1nn(C2CC3(COC3)C2)c2nc(C3CC3)cnc12. The highest BCUT2D eigenvalue weighted by Gasteiger charge is 2.51. The van der Waals surface area contributed by atoms with Crippen LogP contribution in [0.5, 0.6) is 0 Å². The summed E-state index contributed by atoms with van der Waals surface area (Å²) in [5, 5.41) is 4.49. The van der Waals surface area contributed by atoms with E-state index in [2.05, 4.69) is 10.1 Å². The van der Waals surface area contributed by atoms with Gasteiger partial charge in [-0.2, -0.15) is 5.10 Å². The van der Waals surface area contributed by atoms with E-state index in [4.69, 9.17) is 15.5 Å². The van der Waals surface area contributed by atoms with Gasteiger partial charge in [0.25, 0.3) is 0 Å². The van der Waals surface area contributed by atoms with Crippen LogP contribution in [0.2, 0.25) is 0 Å². The predicted molar refractivity (Wildman–Crippen MR) is 73.2 cm³/mol. The molecule has 1 spiro atoms. The lowest BCUT2D eigenvalue weighted by molar-refractivity contribution is -0.175. The molecule has 20 heavy (non-hydrogen) atoms. The lowest BCUT2D eigenvalue weighted by atomic mass is 9.64. The van der Waals surface area contributed by atoms with Crippen molar-refractivity contribution in [1.82, 2.24) is 19.7 Å². The third-order valence-electron chi connectivity index (χ3n) is 4.94. The molecule has 0 atom stereocenters. The fraction of sp³-hybridized carbons (Fsp3) is 0.643. The molecule has 104 valence electrons. The van der Waals surface area contributed by atoms with Gasteiger partial charge in [0.15, 0.2) is 17.0 Å². The summed E-state index contributed by atoms with van der Waals surface area (Å²) in [6.45, 7) is 1.80. The first kappa shape index (κ1) is 11.0. The highest BCUT2D eigenvalue weighted by molar-refractivity contribution is 5.82. The maximum Gasteiger partial charge on any atom is 0.179 e. The minimum Gasteiger partial charge on any atom is -0.380 e. The average Bonchev–Trinajstić information content (AvgIpc) is 3.13. The van der Waals surface area contributed by atoms with Crippen molar-refractivity contribution in [3.8, 4) is 0 Å². The van der Waals surface area contributed by atoms with Crippen molar-refractivity contribution >= 4 is 17.0 Å². The van der Waals surface area contributed by atoms with Crippen molar-refractivity contribution in [2.75, 3.05) is 18.9 Å². The van der Waals surface area contributed by atoms with Crippen LogP contribution in [-0.4, -0.2) is 33.0 Å². The largest absolute Gasteiger partial charge is 0.380 e. The van der Waals surface area contributed by atoms with Crippen molar-refractivity contribution in [3.63, 3.8) is 0 Å². The maximum atomic E-state index is 5.99. The molecule has 0 unspecified atom stereocenters. The van der Waals surface area contributed by atoms with E-state index in [0.29, 0.717) is 23.2 Å². The van der Waals surface area contributed by atoms with Gasteiger partial charge >= 0.3 is 0 Å². The molecule has 6 heteroatoms. The van der Waals surface area contributed by atoms with E-state index in [1.54, 1.807) is 0 Å². The summed E-state index contributed by atoms with van der Waals surface area (Å²) in [4.78, 5) is 9.26. The van der Waals surface area contributed by atoms with Gasteiger partial charge in [-0.15, -0.1) is 0 Å². The van der Waals surface area contributed by atoms with Crippen LogP contribution in [0.25, 0.3) is 11.2 Å². The van der Waals surface area contributed by atoms with Crippen LogP contribution in [0, 0.1) is 5.41 Å². The van der Waals surface area contributed by atoms with Crippen molar-refractivity contribution in [2.24, 2.45) is 5.41 Å². The molecule has 0 amide bonds. The molecule has 0 aromatic carbocycles. The molecule has 2 N–H and O–H groups in total. The van der Waals surface area contributed by atoms with Crippen LogP contribution in [0.15, 0.2) is 6.20 Å². The second-order valence-corrected chi connectivity index (χ2v) is 6.63. The number of aromatic nitrogens is 4. The van der Waals surface area contributed by atoms with Gasteiger partial charge in [0.1, 0.15) is 0 Å². The fourth-order valence-electron chi connectivity index (χ4n) is 3.51. The first-order valence-corrected chi connectivity index (χ1v) is 7.33. The number of fused-ring (bicyclic) bond motifs is 1. The Morgan fingerprint density at radius 3 is 2.75 bits per heavy atom. The number of nitrogen functional groups attached to an aromatic ring is 1. The minimum atomic E-state index is 0.405. The summed E-state index contributed by atoms with van der Waals surface area (Å²) < 4.78 is 7.34. The van der Waals surface area contributed by atoms with E-state index < -0.39 is 0 Å². The molecule has 1 aliphatic heterocycles. The quantitative estimate of drug-likeness (QED) is 0.898. The van der Waals surface area contributed by atoms with E-state index in [1.165, 1.54) is 12.8 Å². The molecular weight excluding hydrogens is 254 g/mol. The van der Waals surface area contributed by atoms with Crippen molar-refractivity contribution in [1.29, 1.82) is 0 Å². The van der Waals surface area contributed by atoms with Gasteiger partial charge in [0, 0.05) is 17.5 Å². The molecule has 2 saturated carbocycles. The molecule has 2 aromatic heterocycles. The summed E-state index contributed by atoms with van der Waals surface area (Å²) in [5.74, 6) is 1.10. The molecule has 3 heterocycles. The third-order valence-corrected chi connectivity index (χ3v) is 4.94. The predicted octanol–water partition coefficient (Wildman–Crippen LogP) is 1.64. The molecular formula is C14H17N5O. The number of anilines is 1. The summed E-state index contributed by atoms with van der Waals surface area (Å²) in [5.41, 5.74) is 9.12. The molecule has 0 radical (unpaired) electrons. The maximum absolute atomic E-state index is 5.99. The van der Waals surface area contributed by atoms with Crippen molar-refractivity contribution in [3.05, 3.63) is 11.9 Å². The summed E-state index contributed by atoms with van der Waals surface area (Å²) in [6, 6.07) is 0.405. The Hall–Kier alpha value is -1.69. The standard InChI is InChI=1S/C14H17N5O/c15-12-11-13(17-10(5-16-11)8-1-2-8)19(18-12)9-3-14(4-9)6-20-7-14/h5,8-9H,1-4,6-7H2,(H2,15,18). The molecule has 0 bridgehead atoms. The zero-order valence-electron chi connectivity index (χ0n) is 11.2. The Kier molecular flexibility index (Phi) is 1.92. The smallest absolute Gasteiger partial charge is 0.179 e. The lowest BCUT2D eigenvalue weighted by Crippen LogP contribution is -2.52. The molecule has 5 rings (SSSR count). The Balaban J connectivity index is 1.55. The number of ether oxygens (including phenoxy) is 1.